The Bertz CT molecular complexity index is 101. The fourth-order valence-electron chi connectivity index (χ4n) is 1.66. The first-order valence-electron chi connectivity index (χ1n) is 5.85. The number of aliphatic hydroxyl groups is 1. The van der Waals surface area contributed by atoms with Crippen molar-refractivity contribution in [3.63, 3.8) is 0 Å². The van der Waals surface area contributed by atoms with Gasteiger partial charge in [-0.15, -0.1) is 0 Å². The van der Waals surface area contributed by atoms with Crippen LogP contribution in [0.25, 0.3) is 0 Å². The molecule has 0 fully saturated rings. The third-order valence-electron chi connectivity index (χ3n) is 2.92. The average Bonchev–Trinajstić information content (AvgIpc) is 2.17. The van der Waals surface area contributed by atoms with Crippen LogP contribution in [0.3, 0.4) is 0 Å². The summed E-state index contributed by atoms with van der Waals surface area (Å²) in [5.41, 5.74) is 0. The van der Waals surface area contributed by atoms with E-state index in [9.17, 15) is 0 Å². The van der Waals surface area contributed by atoms with Gasteiger partial charge in [0, 0.05) is 6.61 Å². The molecule has 0 saturated heterocycles. The molecule has 0 aliphatic carbocycles. The minimum Gasteiger partial charge on any atom is -0.396 e. The highest BCUT2D eigenvalue weighted by molar-refractivity contribution is 4.60. The first-order valence-corrected chi connectivity index (χ1v) is 5.85. The van der Waals surface area contributed by atoms with Crippen LogP contribution in [0.2, 0.25) is 0 Å². The molecule has 0 saturated carbocycles. The molecule has 80 valence electrons. The first-order chi connectivity index (χ1) is 6.24. The Morgan fingerprint density at radius 2 is 1.77 bits per heavy atom. The summed E-state index contributed by atoms with van der Waals surface area (Å²) in [4.78, 5) is 0. The molecule has 0 spiro atoms. The Kier molecular flexibility index (Phi) is 8.53. The summed E-state index contributed by atoms with van der Waals surface area (Å²) in [6.07, 6.45) is 7.86. The monoisotopic (exact) mass is 186 g/mol. The van der Waals surface area contributed by atoms with Crippen LogP contribution >= 0.6 is 0 Å². The smallest absolute Gasteiger partial charge is 0.0456 e. The van der Waals surface area contributed by atoms with E-state index in [2.05, 4.69) is 20.8 Å². The molecular weight excluding hydrogens is 160 g/mol. The van der Waals surface area contributed by atoms with Gasteiger partial charge in [0.2, 0.25) is 0 Å². The Hall–Kier alpha value is -0.0400. The fraction of sp³-hybridized carbons (Fsp3) is 1.00. The van der Waals surface area contributed by atoms with E-state index in [1.807, 2.05) is 0 Å². The van der Waals surface area contributed by atoms with Crippen molar-refractivity contribution < 1.29 is 5.11 Å². The lowest BCUT2D eigenvalue weighted by Crippen LogP contribution is -2.05. The maximum atomic E-state index is 8.90. The standard InChI is InChI=1S/C12H26O/c1-4-6-7-12(5-2)9-8-11(3)10-13/h11-13H,4-10H2,1-3H3. The zero-order valence-corrected chi connectivity index (χ0v) is 9.55. The second kappa shape index (κ2) is 8.55. The van der Waals surface area contributed by atoms with Crippen LogP contribution in [-0.4, -0.2) is 11.7 Å². The molecule has 0 aliphatic heterocycles. The Morgan fingerprint density at radius 3 is 2.23 bits per heavy atom. The molecule has 2 unspecified atom stereocenters. The van der Waals surface area contributed by atoms with Crippen molar-refractivity contribution >= 4 is 0 Å². The third-order valence-corrected chi connectivity index (χ3v) is 2.92. The Balaban J connectivity index is 3.46. The molecule has 0 aromatic heterocycles. The summed E-state index contributed by atoms with van der Waals surface area (Å²) < 4.78 is 0. The van der Waals surface area contributed by atoms with Crippen molar-refractivity contribution in [3.05, 3.63) is 0 Å². The molecule has 0 bridgehead atoms. The van der Waals surface area contributed by atoms with Crippen LogP contribution in [0.15, 0.2) is 0 Å². The lowest BCUT2D eigenvalue weighted by atomic mass is 9.91. The van der Waals surface area contributed by atoms with E-state index in [0.717, 1.165) is 5.92 Å². The van der Waals surface area contributed by atoms with Crippen molar-refractivity contribution in [2.45, 2.75) is 59.3 Å². The molecule has 0 heterocycles. The molecule has 13 heavy (non-hydrogen) atoms. The van der Waals surface area contributed by atoms with Gasteiger partial charge in [0.15, 0.2) is 0 Å². The summed E-state index contributed by atoms with van der Waals surface area (Å²) in [6, 6.07) is 0. The van der Waals surface area contributed by atoms with Gasteiger partial charge in [-0.3, -0.25) is 0 Å². The highest BCUT2D eigenvalue weighted by atomic mass is 16.3. The number of hydrogen-bond donors (Lipinski definition) is 1. The van der Waals surface area contributed by atoms with Crippen molar-refractivity contribution in [2.75, 3.05) is 6.61 Å². The molecule has 1 N–H and O–H groups in total. The van der Waals surface area contributed by atoms with E-state index in [0.29, 0.717) is 12.5 Å². The summed E-state index contributed by atoms with van der Waals surface area (Å²) in [7, 11) is 0. The van der Waals surface area contributed by atoms with Crippen molar-refractivity contribution in [1.29, 1.82) is 0 Å². The lowest BCUT2D eigenvalue weighted by molar-refractivity contribution is 0.219. The number of unbranched alkanes of at least 4 members (excludes halogenated alkanes) is 1. The molecule has 0 aliphatic rings. The van der Waals surface area contributed by atoms with Gasteiger partial charge in [0.05, 0.1) is 0 Å². The van der Waals surface area contributed by atoms with Crippen LogP contribution < -0.4 is 0 Å². The molecule has 0 aromatic carbocycles. The number of hydrogen-bond acceptors (Lipinski definition) is 1. The van der Waals surface area contributed by atoms with Crippen LogP contribution in [0.5, 0.6) is 0 Å². The fourth-order valence-corrected chi connectivity index (χ4v) is 1.66. The maximum Gasteiger partial charge on any atom is 0.0456 e. The molecule has 0 aromatic rings. The van der Waals surface area contributed by atoms with Gasteiger partial charge in [-0.05, 0) is 18.3 Å². The predicted octanol–water partition coefficient (Wildman–Crippen LogP) is 3.61. The quantitative estimate of drug-likeness (QED) is 0.614. The zero-order chi connectivity index (χ0) is 10.1. The molecule has 1 nitrogen and oxygen atoms in total. The van der Waals surface area contributed by atoms with Gasteiger partial charge in [0.1, 0.15) is 0 Å². The van der Waals surface area contributed by atoms with Gasteiger partial charge in [-0.2, -0.15) is 0 Å². The summed E-state index contributed by atoms with van der Waals surface area (Å²) in [5, 5.41) is 8.90. The lowest BCUT2D eigenvalue weighted by Gasteiger charge is -2.16. The summed E-state index contributed by atoms with van der Waals surface area (Å²) >= 11 is 0. The van der Waals surface area contributed by atoms with Crippen molar-refractivity contribution in [3.8, 4) is 0 Å². The maximum absolute atomic E-state index is 8.90. The summed E-state index contributed by atoms with van der Waals surface area (Å²) in [5.74, 6) is 1.39. The van der Waals surface area contributed by atoms with E-state index < -0.39 is 0 Å². The van der Waals surface area contributed by atoms with Crippen LogP contribution in [0.4, 0.5) is 0 Å². The molecule has 1 heteroatoms. The van der Waals surface area contributed by atoms with Gasteiger partial charge in [-0.25, -0.2) is 0 Å². The third kappa shape index (κ3) is 7.06. The zero-order valence-electron chi connectivity index (χ0n) is 9.55. The van der Waals surface area contributed by atoms with Crippen LogP contribution in [0, 0.1) is 11.8 Å². The molecular formula is C12H26O. The minimum atomic E-state index is 0.351. The topological polar surface area (TPSA) is 20.2 Å². The molecule has 2 atom stereocenters. The average molecular weight is 186 g/mol. The second-order valence-electron chi connectivity index (χ2n) is 4.28. The van der Waals surface area contributed by atoms with Crippen molar-refractivity contribution in [2.24, 2.45) is 11.8 Å². The molecule has 0 rings (SSSR count). The van der Waals surface area contributed by atoms with E-state index in [1.165, 1.54) is 38.5 Å². The molecule has 0 radical (unpaired) electrons. The van der Waals surface area contributed by atoms with Gasteiger partial charge < -0.3 is 5.11 Å². The SMILES string of the molecule is CCCCC(CC)CCC(C)CO. The van der Waals surface area contributed by atoms with Crippen LogP contribution in [0.1, 0.15) is 59.3 Å². The van der Waals surface area contributed by atoms with Crippen LogP contribution in [-0.2, 0) is 0 Å². The van der Waals surface area contributed by atoms with Gasteiger partial charge >= 0.3 is 0 Å². The largest absolute Gasteiger partial charge is 0.396 e. The normalized spacial score (nSPS) is 15.7. The van der Waals surface area contributed by atoms with E-state index in [1.54, 1.807) is 0 Å². The van der Waals surface area contributed by atoms with Crippen molar-refractivity contribution in [1.82, 2.24) is 0 Å². The van der Waals surface area contributed by atoms with E-state index >= 15 is 0 Å². The summed E-state index contributed by atoms with van der Waals surface area (Å²) in [6.45, 7) is 7.02. The van der Waals surface area contributed by atoms with E-state index in [-0.39, 0.29) is 0 Å². The predicted molar refractivity (Wildman–Crippen MR) is 58.8 cm³/mol. The first kappa shape index (κ1) is 13.0. The Morgan fingerprint density at radius 1 is 1.08 bits per heavy atom. The Labute approximate surface area is 83.5 Å². The number of rotatable bonds is 8. The highest BCUT2D eigenvalue weighted by Gasteiger charge is 2.07. The number of aliphatic hydroxyl groups excluding tert-OH is 1. The minimum absolute atomic E-state index is 0.351. The van der Waals surface area contributed by atoms with Gasteiger partial charge in [0.25, 0.3) is 0 Å². The second-order valence-corrected chi connectivity index (χ2v) is 4.28. The van der Waals surface area contributed by atoms with Gasteiger partial charge in [-0.1, -0.05) is 52.9 Å². The molecule has 0 amide bonds. The highest BCUT2D eigenvalue weighted by Crippen LogP contribution is 2.20. The van der Waals surface area contributed by atoms with E-state index in [4.69, 9.17) is 5.11 Å².